The van der Waals surface area contributed by atoms with Crippen molar-refractivity contribution in [1.29, 1.82) is 0 Å². The summed E-state index contributed by atoms with van der Waals surface area (Å²) in [5.74, 6) is -0.0661. The molecule has 2 aliphatic heterocycles. The van der Waals surface area contributed by atoms with Crippen molar-refractivity contribution in [3.05, 3.63) is 22.4 Å². The molecule has 0 radical (unpaired) electrons. The standard InChI is InChI=1S/C14H22N2O3S2/c17-13-10-21(18,19)9-11(13)15-8-12(14-4-3-7-20-14)16-5-1-2-6-16/h3-4,7,11-13,15,17H,1-2,5-6,8-10H2/t11-,12-,13+/m1/s1. The van der Waals surface area contributed by atoms with Crippen molar-refractivity contribution >= 4 is 21.2 Å². The van der Waals surface area contributed by atoms with Gasteiger partial charge >= 0.3 is 0 Å². The lowest BCUT2D eigenvalue weighted by Crippen LogP contribution is -2.43. The van der Waals surface area contributed by atoms with E-state index in [9.17, 15) is 13.5 Å². The van der Waals surface area contributed by atoms with Gasteiger partial charge in [0.05, 0.1) is 23.7 Å². The summed E-state index contributed by atoms with van der Waals surface area (Å²) in [6, 6.07) is 4.14. The highest BCUT2D eigenvalue weighted by molar-refractivity contribution is 7.91. The highest BCUT2D eigenvalue weighted by Gasteiger charge is 2.37. The molecule has 5 nitrogen and oxygen atoms in total. The Labute approximate surface area is 129 Å². The lowest BCUT2D eigenvalue weighted by molar-refractivity contribution is 0.155. The molecule has 7 heteroatoms. The zero-order valence-electron chi connectivity index (χ0n) is 11.9. The topological polar surface area (TPSA) is 69.6 Å². The van der Waals surface area contributed by atoms with Gasteiger partial charge in [0, 0.05) is 17.5 Å². The van der Waals surface area contributed by atoms with Gasteiger partial charge in [-0.15, -0.1) is 11.3 Å². The van der Waals surface area contributed by atoms with E-state index in [0.29, 0.717) is 6.54 Å². The van der Waals surface area contributed by atoms with E-state index >= 15 is 0 Å². The van der Waals surface area contributed by atoms with Crippen LogP contribution in [-0.2, 0) is 9.84 Å². The van der Waals surface area contributed by atoms with Crippen molar-refractivity contribution in [3.63, 3.8) is 0 Å². The summed E-state index contributed by atoms with van der Waals surface area (Å²) in [5.41, 5.74) is 0. The molecule has 1 aromatic heterocycles. The number of likely N-dealkylation sites (tertiary alicyclic amines) is 1. The van der Waals surface area contributed by atoms with Crippen molar-refractivity contribution in [2.24, 2.45) is 0 Å². The minimum absolute atomic E-state index is 0.0470. The van der Waals surface area contributed by atoms with Gasteiger partial charge in [0.15, 0.2) is 9.84 Å². The number of hydrogen-bond donors (Lipinski definition) is 2. The number of hydrogen-bond acceptors (Lipinski definition) is 6. The second-order valence-corrected chi connectivity index (χ2v) is 9.07. The largest absolute Gasteiger partial charge is 0.390 e. The summed E-state index contributed by atoms with van der Waals surface area (Å²) in [6.07, 6.45) is 1.67. The smallest absolute Gasteiger partial charge is 0.154 e. The van der Waals surface area contributed by atoms with Crippen LogP contribution in [0, 0.1) is 0 Å². The first-order chi connectivity index (χ1) is 10.1. The van der Waals surface area contributed by atoms with E-state index < -0.39 is 15.9 Å². The van der Waals surface area contributed by atoms with E-state index in [4.69, 9.17) is 0 Å². The van der Waals surface area contributed by atoms with E-state index in [1.54, 1.807) is 11.3 Å². The Bertz CT molecular complexity index is 553. The van der Waals surface area contributed by atoms with E-state index in [1.165, 1.54) is 17.7 Å². The van der Waals surface area contributed by atoms with Gasteiger partial charge in [0.1, 0.15) is 0 Å². The molecule has 0 bridgehead atoms. The minimum atomic E-state index is -3.09. The Morgan fingerprint density at radius 1 is 1.38 bits per heavy atom. The summed E-state index contributed by atoms with van der Waals surface area (Å²) in [6.45, 7) is 2.88. The van der Waals surface area contributed by atoms with Crippen molar-refractivity contribution < 1.29 is 13.5 Å². The molecule has 21 heavy (non-hydrogen) atoms. The van der Waals surface area contributed by atoms with Crippen LogP contribution in [0.5, 0.6) is 0 Å². The maximum Gasteiger partial charge on any atom is 0.154 e. The first-order valence-corrected chi connectivity index (χ1v) is 10.1. The van der Waals surface area contributed by atoms with E-state index in [-0.39, 0.29) is 23.6 Å². The molecule has 3 atom stereocenters. The summed E-state index contributed by atoms with van der Waals surface area (Å²) < 4.78 is 23.1. The minimum Gasteiger partial charge on any atom is -0.390 e. The molecule has 0 unspecified atom stereocenters. The molecule has 0 aliphatic carbocycles. The van der Waals surface area contributed by atoms with Crippen LogP contribution < -0.4 is 5.32 Å². The Balaban J connectivity index is 1.65. The van der Waals surface area contributed by atoms with Gasteiger partial charge in [0.2, 0.25) is 0 Å². The molecule has 0 aromatic carbocycles. The van der Waals surface area contributed by atoms with Crippen molar-refractivity contribution in [1.82, 2.24) is 10.2 Å². The van der Waals surface area contributed by atoms with E-state index in [0.717, 1.165) is 13.1 Å². The van der Waals surface area contributed by atoms with Crippen molar-refractivity contribution in [2.75, 3.05) is 31.1 Å². The number of nitrogens with zero attached hydrogens (tertiary/aromatic N) is 1. The second kappa shape index (κ2) is 6.34. The summed E-state index contributed by atoms with van der Waals surface area (Å²) in [5, 5.41) is 15.2. The molecule has 3 rings (SSSR count). The summed E-state index contributed by atoms with van der Waals surface area (Å²) in [4.78, 5) is 3.76. The number of aliphatic hydroxyl groups is 1. The highest BCUT2D eigenvalue weighted by atomic mass is 32.2. The lowest BCUT2D eigenvalue weighted by atomic mass is 10.1. The zero-order chi connectivity index (χ0) is 14.9. The number of nitrogens with one attached hydrogen (secondary N) is 1. The normalized spacial score (nSPS) is 30.7. The van der Waals surface area contributed by atoms with E-state index in [1.807, 2.05) is 0 Å². The van der Waals surface area contributed by atoms with Crippen molar-refractivity contribution in [3.8, 4) is 0 Å². The third-order valence-electron chi connectivity index (χ3n) is 4.35. The fourth-order valence-corrected chi connectivity index (χ4v) is 5.87. The zero-order valence-corrected chi connectivity index (χ0v) is 13.6. The maximum absolute atomic E-state index is 11.6. The quantitative estimate of drug-likeness (QED) is 0.829. The fourth-order valence-electron chi connectivity index (χ4n) is 3.23. The van der Waals surface area contributed by atoms with Crippen LogP contribution >= 0.6 is 11.3 Å². The van der Waals surface area contributed by atoms with Gasteiger partial charge in [-0.05, 0) is 37.4 Å². The van der Waals surface area contributed by atoms with Crippen LogP contribution in [0.4, 0.5) is 0 Å². The number of rotatable bonds is 5. The monoisotopic (exact) mass is 330 g/mol. The predicted octanol–water partition coefficient (Wildman–Crippen LogP) is 0.632. The molecular formula is C14H22N2O3S2. The molecule has 3 heterocycles. The van der Waals surface area contributed by atoms with Crippen LogP contribution in [0.25, 0.3) is 0 Å². The van der Waals surface area contributed by atoms with Crippen LogP contribution in [0.3, 0.4) is 0 Å². The third kappa shape index (κ3) is 3.65. The predicted molar refractivity (Wildman–Crippen MR) is 84.3 cm³/mol. The Kier molecular flexibility index (Phi) is 4.66. The van der Waals surface area contributed by atoms with E-state index in [2.05, 4.69) is 27.7 Å². The van der Waals surface area contributed by atoms with Gasteiger partial charge in [-0.2, -0.15) is 0 Å². The molecule has 2 aliphatic rings. The maximum atomic E-state index is 11.6. The van der Waals surface area contributed by atoms with Gasteiger partial charge < -0.3 is 10.4 Å². The highest BCUT2D eigenvalue weighted by Crippen LogP contribution is 2.28. The Morgan fingerprint density at radius 2 is 2.14 bits per heavy atom. The van der Waals surface area contributed by atoms with Gasteiger partial charge in [-0.3, -0.25) is 4.90 Å². The summed E-state index contributed by atoms with van der Waals surface area (Å²) in [7, 11) is -3.09. The van der Waals surface area contributed by atoms with Crippen LogP contribution in [0.2, 0.25) is 0 Å². The van der Waals surface area contributed by atoms with Crippen LogP contribution in [0.15, 0.2) is 17.5 Å². The average molecular weight is 330 g/mol. The molecule has 0 amide bonds. The molecule has 0 saturated carbocycles. The van der Waals surface area contributed by atoms with Crippen molar-refractivity contribution in [2.45, 2.75) is 31.0 Å². The van der Waals surface area contributed by atoms with Gasteiger partial charge in [0.25, 0.3) is 0 Å². The molecule has 1 aromatic rings. The molecule has 2 fully saturated rings. The number of sulfone groups is 1. The molecule has 2 saturated heterocycles. The SMILES string of the molecule is O=S1(=O)C[C@H](O)[C@H](NC[C@H](c2cccs2)N2CCCC2)C1. The number of aliphatic hydroxyl groups excluding tert-OH is 1. The number of thiophene rings is 1. The molecular weight excluding hydrogens is 308 g/mol. The Hall–Kier alpha value is -0.470. The van der Waals surface area contributed by atoms with Gasteiger partial charge in [-0.25, -0.2) is 8.42 Å². The lowest BCUT2D eigenvalue weighted by Gasteiger charge is -2.28. The third-order valence-corrected chi connectivity index (χ3v) is 7.04. The molecule has 0 spiro atoms. The average Bonchev–Trinajstić information content (AvgIpc) is 3.13. The Morgan fingerprint density at radius 3 is 2.71 bits per heavy atom. The molecule has 118 valence electrons. The first-order valence-electron chi connectivity index (χ1n) is 7.44. The fraction of sp³-hybridized carbons (Fsp3) is 0.714. The van der Waals surface area contributed by atoms with Gasteiger partial charge in [-0.1, -0.05) is 6.07 Å². The first kappa shape index (κ1) is 15.4. The van der Waals surface area contributed by atoms with Crippen LogP contribution in [0.1, 0.15) is 23.8 Å². The molecule has 2 N–H and O–H groups in total. The summed E-state index contributed by atoms with van der Waals surface area (Å²) >= 11 is 1.74. The van der Waals surface area contributed by atoms with Crippen LogP contribution in [-0.4, -0.2) is 61.7 Å². The second-order valence-electron chi connectivity index (χ2n) is 5.93.